The standard InChI is InChI=1S/C23H33N7O/c31-20-19(13-5-6-14-24-20)26-22-27-21(25-15-9-12-18-10-3-1-4-11-18)28-23(29-22)30-16-7-2-8-17-30/h1,3-4,10-11,19H,2,5-9,12-17H2,(H,24,31)(H2,25,26,27,28,29). The quantitative estimate of drug-likeness (QED) is 0.562. The van der Waals surface area contributed by atoms with E-state index in [0.29, 0.717) is 17.8 Å². The van der Waals surface area contributed by atoms with Gasteiger partial charge in [0.25, 0.3) is 0 Å². The van der Waals surface area contributed by atoms with Crippen LogP contribution in [0.3, 0.4) is 0 Å². The summed E-state index contributed by atoms with van der Waals surface area (Å²) < 4.78 is 0. The molecule has 2 aliphatic heterocycles. The first-order chi connectivity index (χ1) is 15.3. The SMILES string of the molecule is O=C1NCCCCC1Nc1nc(NCCCc2ccccc2)nc(N2CCCCC2)n1. The van der Waals surface area contributed by atoms with Gasteiger partial charge in [0, 0.05) is 26.2 Å². The first kappa shape index (κ1) is 21.3. The van der Waals surface area contributed by atoms with Crippen LogP contribution in [-0.4, -0.2) is 53.1 Å². The van der Waals surface area contributed by atoms with Gasteiger partial charge in [-0.3, -0.25) is 4.79 Å². The number of benzene rings is 1. The minimum Gasteiger partial charge on any atom is -0.354 e. The van der Waals surface area contributed by atoms with Crippen LogP contribution in [0.2, 0.25) is 0 Å². The Bertz CT molecular complexity index is 839. The summed E-state index contributed by atoms with van der Waals surface area (Å²) in [5.41, 5.74) is 1.33. The molecule has 0 aliphatic carbocycles. The fourth-order valence-corrected chi connectivity index (χ4v) is 4.11. The zero-order valence-corrected chi connectivity index (χ0v) is 18.1. The molecule has 8 heteroatoms. The molecule has 3 N–H and O–H groups in total. The van der Waals surface area contributed by atoms with E-state index in [0.717, 1.165) is 71.1 Å². The molecule has 2 fully saturated rings. The summed E-state index contributed by atoms with van der Waals surface area (Å²) >= 11 is 0. The first-order valence-electron chi connectivity index (χ1n) is 11.6. The molecule has 1 atom stereocenters. The molecule has 2 aromatic rings. The van der Waals surface area contributed by atoms with Gasteiger partial charge >= 0.3 is 0 Å². The molecule has 166 valence electrons. The van der Waals surface area contributed by atoms with Crippen LogP contribution in [0.5, 0.6) is 0 Å². The monoisotopic (exact) mass is 423 g/mol. The number of amides is 1. The van der Waals surface area contributed by atoms with Crippen molar-refractivity contribution in [3.8, 4) is 0 Å². The van der Waals surface area contributed by atoms with E-state index in [2.05, 4.69) is 60.1 Å². The summed E-state index contributed by atoms with van der Waals surface area (Å²) in [6.45, 7) is 3.44. The molecule has 31 heavy (non-hydrogen) atoms. The largest absolute Gasteiger partial charge is 0.354 e. The lowest BCUT2D eigenvalue weighted by molar-refractivity contribution is -0.121. The van der Waals surface area contributed by atoms with Gasteiger partial charge in [-0.2, -0.15) is 15.0 Å². The highest BCUT2D eigenvalue weighted by Gasteiger charge is 2.23. The molecule has 0 radical (unpaired) electrons. The highest BCUT2D eigenvalue weighted by atomic mass is 16.2. The maximum absolute atomic E-state index is 12.4. The van der Waals surface area contributed by atoms with Crippen LogP contribution >= 0.6 is 0 Å². The molecule has 1 unspecified atom stereocenters. The van der Waals surface area contributed by atoms with Gasteiger partial charge in [-0.1, -0.05) is 30.3 Å². The molecule has 1 aromatic heterocycles. The summed E-state index contributed by atoms with van der Waals surface area (Å²) in [7, 11) is 0. The van der Waals surface area contributed by atoms with Crippen molar-refractivity contribution in [3.05, 3.63) is 35.9 Å². The Hall–Kier alpha value is -2.90. The van der Waals surface area contributed by atoms with E-state index in [1.54, 1.807) is 0 Å². The van der Waals surface area contributed by atoms with Crippen molar-refractivity contribution in [2.75, 3.05) is 41.7 Å². The van der Waals surface area contributed by atoms with Crippen LogP contribution < -0.4 is 20.9 Å². The molecule has 1 amide bonds. The molecule has 1 aromatic carbocycles. The summed E-state index contributed by atoms with van der Waals surface area (Å²) in [6.07, 6.45) is 8.35. The number of aromatic nitrogens is 3. The molecule has 3 heterocycles. The highest BCUT2D eigenvalue weighted by molar-refractivity contribution is 5.84. The molecule has 0 bridgehead atoms. The van der Waals surface area contributed by atoms with Crippen molar-refractivity contribution in [2.24, 2.45) is 0 Å². The number of nitrogens with zero attached hydrogens (tertiary/aromatic N) is 4. The van der Waals surface area contributed by atoms with Crippen LogP contribution in [0.4, 0.5) is 17.8 Å². The summed E-state index contributed by atoms with van der Waals surface area (Å²) in [5.74, 6) is 1.76. The van der Waals surface area contributed by atoms with Crippen molar-refractivity contribution in [1.82, 2.24) is 20.3 Å². The Labute approximate surface area is 184 Å². The van der Waals surface area contributed by atoms with E-state index < -0.39 is 0 Å². The van der Waals surface area contributed by atoms with Crippen LogP contribution in [-0.2, 0) is 11.2 Å². The third-order valence-corrected chi connectivity index (χ3v) is 5.87. The van der Waals surface area contributed by atoms with Crippen LogP contribution in [0, 0.1) is 0 Å². The van der Waals surface area contributed by atoms with E-state index in [1.165, 1.54) is 12.0 Å². The summed E-state index contributed by atoms with van der Waals surface area (Å²) in [5, 5.41) is 9.60. The Morgan fingerprint density at radius 3 is 2.61 bits per heavy atom. The van der Waals surface area contributed by atoms with E-state index >= 15 is 0 Å². The first-order valence-corrected chi connectivity index (χ1v) is 11.6. The molecular formula is C23H33N7O. The van der Waals surface area contributed by atoms with Crippen molar-refractivity contribution < 1.29 is 4.79 Å². The summed E-state index contributed by atoms with van der Waals surface area (Å²) in [4.78, 5) is 28.5. The predicted octanol–water partition coefficient (Wildman–Crippen LogP) is 2.99. The highest BCUT2D eigenvalue weighted by Crippen LogP contribution is 2.20. The molecular weight excluding hydrogens is 390 g/mol. The number of carbonyl (C=O) groups is 1. The van der Waals surface area contributed by atoms with Gasteiger partial charge in [0.15, 0.2) is 0 Å². The topological polar surface area (TPSA) is 95.1 Å². The minimum atomic E-state index is -0.301. The van der Waals surface area contributed by atoms with Gasteiger partial charge in [0.2, 0.25) is 23.8 Å². The van der Waals surface area contributed by atoms with Gasteiger partial charge < -0.3 is 20.9 Å². The Morgan fingerprint density at radius 2 is 1.77 bits per heavy atom. The van der Waals surface area contributed by atoms with Gasteiger partial charge in [0.1, 0.15) is 6.04 Å². The second kappa shape index (κ2) is 10.9. The molecule has 0 spiro atoms. The maximum Gasteiger partial charge on any atom is 0.242 e. The second-order valence-electron chi connectivity index (χ2n) is 8.33. The van der Waals surface area contributed by atoms with Crippen molar-refractivity contribution in [2.45, 2.75) is 57.4 Å². The Balaban J connectivity index is 1.43. The Morgan fingerprint density at radius 1 is 0.968 bits per heavy atom. The van der Waals surface area contributed by atoms with Gasteiger partial charge in [0.05, 0.1) is 0 Å². The molecule has 0 saturated carbocycles. The van der Waals surface area contributed by atoms with E-state index in [-0.39, 0.29) is 11.9 Å². The average Bonchev–Trinajstić information content (AvgIpc) is 3.02. The number of hydrogen-bond acceptors (Lipinski definition) is 7. The second-order valence-corrected chi connectivity index (χ2v) is 8.33. The van der Waals surface area contributed by atoms with E-state index in [9.17, 15) is 4.79 Å². The average molecular weight is 424 g/mol. The zero-order valence-electron chi connectivity index (χ0n) is 18.1. The molecule has 2 saturated heterocycles. The van der Waals surface area contributed by atoms with Gasteiger partial charge in [-0.05, 0) is 56.9 Å². The number of nitrogens with one attached hydrogen (secondary N) is 3. The zero-order chi connectivity index (χ0) is 21.3. The third-order valence-electron chi connectivity index (χ3n) is 5.87. The fraction of sp³-hybridized carbons (Fsp3) is 0.565. The number of piperidine rings is 1. The van der Waals surface area contributed by atoms with E-state index in [4.69, 9.17) is 0 Å². The van der Waals surface area contributed by atoms with Crippen LogP contribution in [0.15, 0.2) is 30.3 Å². The molecule has 2 aliphatic rings. The van der Waals surface area contributed by atoms with Gasteiger partial charge in [-0.15, -0.1) is 0 Å². The van der Waals surface area contributed by atoms with Crippen molar-refractivity contribution in [3.63, 3.8) is 0 Å². The van der Waals surface area contributed by atoms with Gasteiger partial charge in [-0.25, -0.2) is 0 Å². The predicted molar refractivity (Wildman–Crippen MR) is 123 cm³/mol. The Kier molecular flexibility index (Phi) is 7.52. The fourth-order valence-electron chi connectivity index (χ4n) is 4.11. The van der Waals surface area contributed by atoms with Crippen LogP contribution in [0.25, 0.3) is 0 Å². The number of carbonyl (C=O) groups excluding carboxylic acids is 1. The maximum atomic E-state index is 12.4. The lowest BCUT2D eigenvalue weighted by Gasteiger charge is -2.27. The number of anilines is 3. The normalized spacial score (nSPS) is 19.4. The van der Waals surface area contributed by atoms with Crippen molar-refractivity contribution >= 4 is 23.8 Å². The number of aryl methyl sites for hydroxylation is 1. The molecule has 4 rings (SSSR count). The summed E-state index contributed by atoms with van der Waals surface area (Å²) in [6, 6.07) is 10.2. The smallest absolute Gasteiger partial charge is 0.242 e. The lowest BCUT2D eigenvalue weighted by Crippen LogP contribution is -2.38. The van der Waals surface area contributed by atoms with Crippen LogP contribution in [0.1, 0.15) is 50.5 Å². The lowest BCUT2D eigenvalue weighted by atomic mass is 10.1. The third kappa shape index (κ3) is 6.29. The van der Waals surface area contributed by atoms with E-state index in [1.807, 2.05) is 6.07 Å². The minimum absolute atomic E-state index is 0.0230. The number of rotatable bonds is 8. The molecule has 8 nitrogen and oxygen atoms in total. The number of hydrogen-bond donors (Lipinski definition) is 3. The van der Waals surface area contributed by atoms with Crippen molar-refractivity contribution in [1.29, 1.82) is 0 Å².